The van der Waals surface area contributed by atoms with Gasteiger partial charge in [-0.15, -0.1) is 0 Å². The van der Waals surface area contributed by atoms with Gasteiger partial charge in [-0.2, -0.15) is 5.26 Å². The summed E-state index contributed by atoms with van der Waals surface area (Å²) in [5.41, 5.74) is 1.09. The Hall–Kier alpha value is -1.34. The quantitative estimate of drug-likeness (QED) is 0.869. The van der Waals surface area contributed by atoms with Crippen LogP contribution in [0.1, 0.15) is 41.6 Å². The van der Waals surface area contributed by atoms with E-state index >= 15 is 0 Å². The Morgan fingerprint density at radius 2 is 2.21 bits per heavy atom. The van der Waals surface area contributed by atoms with E-state index in [1.807, 2.05) is 0 Å². The fraction of sp³-hybridized carbons (Fsp3) is 0.467. The lowest BCUT2D eigenvalue weighted by molar-refractivity contribution is 0.0911. The van der Waals surface area contributed by atoms with E-state index in [4.69, 9.17) is 5.26 Å². The van der Waals surface area contributed by atoms with Crippen LogP contribution in [-0.4, -0.2) is 17.3 Å². The van der Waals surface area contributed by atoms with Gasteiger partial charge in [-0.25, -0.2) is 0 Å². The molecule has 3 nitrogen and oxygen atoms in total. The fourth-order valence-electron chi connectivity index (χ4n) is 2.56. The summed E-state index contributed by atoms with van der Waals surface area (Å²) < 4.78 is 0. The maximum absolute atomic E-state index is 12.2. The van der Waals surface area contributed by atoms with Gasteiger partial charge in [-0.1, -0.05) is 34.8 Å². The van der Waals surface area contributed by atoms with Gasteiger partial charge in [0.2, 0.25) is 0 Å². The van der Waals surface area contributed by atoms with E-state index in [-0.39, 0.29) is 11.9 Å². The molecule has 1 fully saturated rings. The predicted octanol–water partition coefficient (Wildman–Crippen LogP) is 3.24. The van der Waals surface area contributed by atoms with Crippen molar-refractivity contribution in [2.24, 2.45) is 5.92 Å². The third-order valence-corrected chi connectivity index (χ3v) is 4.51. The molecule has 1 aliphatic carbocycles. The molecule has 1 aliphatic rings. The molecule has 1 N–H and O–H groups in total. The van der Waals surface area contributed by atoms with Crippen molar-refractivity contribution >= 4 is 21.8 Å². The van der Waals surface area contributed by atoms with Crippen LogP contribution in [0.25, 0.3) is 0 Å². The Morgan fingerprint density at radius 3 is 2.95 bits per heavy atom. The SMILES string of the molecule is N#Cc1cccc(C(=O)NC2CCCCC2CBr)c1. The number of alkyl halides is 1. The summed E-state index contributed by atoms with van der Waals surface area (Å²) in [5.74, 6) is 0.437. The van der Waals surface area contributed by atoms with E-state index in [2.05, 4.69) is 27.3 Å². The number of hydrogen-bond acceptors (Lipinski definition) is 2. The summed E-state index contributed by atoms with van der Waals surface area (Å²) in [6.45, 7) is 0. The molecule has 2 rings (SSSR count). The first-order chi connectivity index (χ1) is 9.24. The second-order valence-corrected chi connectivity index (χ2v) is 5.62. The van der Waals surface area contributed by atoms with E-state index in [1.54, 1.807) is 24.3 Å². The molecule has 0 aromatic heterocycles. The van der Waals surface area contributed by atoms with Gasteiger partial charge < -0.3 is 5.32 Å². The van der Waals surface area contributed by atoms with Crippen LogP contribution in [-0.2, 0) is 0 Å². The van der Waals surface area contributed by atoms with Gasteiger partial charge >= 0.3 is 0 Å². The maximum Gasteiger partial charge on any atom is 0.251 e. The molecule has 2 unspecified atom stereocenters. The number of nitriles is 1. The lowest BCUT2D eigenvalue weighted by atomic mass is 9.86. The molecule has 100 valence electrons. The molecule has 0 saturated heterocycles. The average molecular weight is 321 g/mol. The van der Waals surface area contributed by atoms with Crippen molar-refractivity contribution in [1.29, 1.82) is 5.26 Å². The highest BCUT2D eigenvalue weighted by Gasteiger charge is 2.25. The van der Waals surface area contributed by atoms with Gasteiger partial charge in [0.15, 0.2) is 0 Å². The average Bonchev–Trinajstić information content (AvgIpc) is 2.47. The van der Waals surface area contributed by atoms with Crippen LogP contribution < -0.4 is 5.32 Å². The van der Waals surface area contributed by atoms with Gasteiger partial charge in [0.05, 0.1) is 11.6 Å². The predicted molar refractivity (Wildman–Crippen MR) is 78.2 cm³/mol. The van der Waals surface area contributed by atoms with Crippen molar-refractivity contribution in [2.75, 3.05) is 5.33 Å². The van der Waals surface area contributed by atoms with Crippen molar-refractivity contribution < 1.29 is 4.79 Å². The maximum atomic E-state index is 12.2. The van der Waals surface area contributed by atoms with Crippen molar-refractivity contribution in [2.45, 2.75) is 31.7 Å². The van der Waals surface area contributed by atoms with E-state index in [9.17, 15) is 4.79 Å². The normalized spacial score (nSPS) is 22.5. The summed E-state index contributed by atoms with van der Waals surface area (Å²) in [4.78, 5) is 12.2. The minimum atomic E-state index is -0.0741. The van der Waals surface area contributed by atoms with Gasteiger partial charge in [-0.05, 0) is 37.0 Å². The van der Waals surface area contributed by atoms with E-state index < -0.39 is 0 Å². The minimum absolute atomic E-state index is 0.0741. The highest BCUT2D eigenvalue weighted by atomic mass is 79.9. The molecule has 0 radical (unpaired) electrons. The number of amides is 1. The highest BCUT2D eigenvalue weighted by Crippen LogP contribution is 2.26. The van der Waals surface area contributed by atoms with E-state index in [0.717, 1.165) is 18.2 Å². The first-order valence-electron chi connectivity index (χ1n) is 6.61. The van der Waals surface area contributed by atoms with Crippen LogP contribution in [0.5, 0.6) is 0 Å². The number of carbonyl (C=O) groups excluding carboxylic acids is 1. The van der Waals surface area contributed by atoms with Crippen LogP contribution in [0.2, 0.25) is 0 Å². The molecule has 1 aromatic rings. The van der Waals surface area contributed by atoms with Crippen molar-refractivity contribution in [1.82, 2.24) is 5.32 Å². The van der Waals surface area contributed by atoms with E-state index in [1.165, 1.54) is 12.8 Å². The monoisotopic (exact) mass is 320 g/mol. The number of hydrogen-bond donors (Lipinski definition) is 1. The molecule has 0 spiro atoms. The van der Waals surface area contributed by atoms with Crippen molar-refractivity contribution in [3.8, 4) is 6.07 Å². The second kappa shape index (κ2) is 6.72. The summed E-state index contributed by atoms with van der Waals surface area (Å²) in [6.07, 6.45) is 4.62. The third kappa shape index (κ3) is 3.57. The summed E-state index contributed by atoms with van der Waals surface area (Å²) in [5, 5.41) is 12.9. The molecule has 1 amide bonds. The Bertz CT molecular complexity index is 495. The first-order valence-corrected chi connectivity index (χ1v) is 7.73. The third-order valence-electron chi connectivity index (χ3n) is 3.68. The zero-order valence-electron chi connectivity index (χ0n) is 10.7. The lowest BCUT2D eigenvalue weighted by Crippen LogP contribution is -2.42. The smallest absolute Gasteiger partial charge is 0.251 e. The minimum Gasteiger partial charge on any atom is -0.349 e. The zero-order chi connectivity index (χ0) is 13.7. The van der Waals surface area contributed by atoms with Crippen LogP contribution in [0, 0.1) is 17.2 Å². The molecule has 2 atom stereocenters. The second-order valence-electron chi connectivity index (χ2n) is 4.97. The van der Waals surface area contributed by atoms with Gasteiger partial charge in [-0.3, -0.25) is 4.79 Å². The van der Waals surface area contributed by atoms with Crippen LogP contribution in [0.15, 0.2) is 24.3 Å². The number of benzene rings is 1. The van der Waals surface area contributed by atoms with Crippen LogP contribution in [0.4, 0.5) is 0 Å². The standard InChI is InChI=1S/C15H17BrN2O/c16-9-13-5-1-2-7-14(13)18-15(19)12-6-3-4-11(8-12)10-17/h3-4,6,8,13-14H,1-2,5,7,9H2,(H,18,19). The molecule has 1 saturated carbocycles. The fourth-order valence-corrected chi connectivity index (χ4v) is 3.34. The molecule has 19 heavy (non-hydrogen) atoms. The van der Waals surface area contributed by atoms with Crippen molar-refractivity contribution in [3.63, 3.8) is 0 Å². The van der Waals surface area contributed by atoms with Crippen molar-refractivity contribution in [3.05, 3.63) is 35.4 Å². The molecular formula is C15H17BrN2O. The Morgan fingerprint density at radius 1 is 1.42 bits per heavy atom. The van der Waals surface area contributed by atoms with Gasteiger partial charge in [0, 0.05) is 16.9 Å². The van der Waals surface area contributed by atoms with Crippen LogP contribution >= 0.6 is 15.9 Å². The molecule has 0 bridgehead atoms. The lowest BCUT2D eigenvalue weighted by Gasteiger charge is -2.31. The number of nitrogens with one attached hydrogen (secondary N) is 1. The highest BCUT2D eigenvalue weighted by molar-refractivity contribution is 9.09. The first kappa shape index (κ1) is 14.1. The van der Waals surface area contributed by atoms with Gasteiger partial charge in [0.1, 0.15) is 0 Å². The van der Waals surface area contributed by atoms with E-state index in [0.29, 0.717) is 17.0 Å². The van der Waals surface area contributed by atoms with Gasteiger partial charge in [0.25, 0.3) is 5.91 Å². The Kier molecular flexibility index (Phi) is 4.98. The number of nitrogens with zero attached hydrogens (tertiary/aromatic N) is 1. The summed E-state index contributed by atoms with van der Waals surface area (Å²) >= 11 is 3.53. The topological polar surface area (TPSA) is 52.9 Å². The van der Waals surface area contributed by atoms with Crippen LogP contribution in [0.3, 0.4) is 0 Å². The molecule has 0 aliphatic heterocycles. The number of rotatable bonds is 3. The number of halogens is 1. The molecule has 0 heterocycles. The summed E-state index contributed by atoms with van der Waals surface area (Å²) in [6, 6.07) is 9.15. The Balaban J connectivity index is 2.05. The summed E-state index contributed by atoms with van der Waals surface area (Å²) in [7, 11) is 0. The molecular weight excluding hydrogens is 304 g/mol. The largest absolute Gasteiger partial charge is 0.349 e. The molecule has 1 aromatic carbocycles. The number of carbonyl (C=O) groups is 1. The zero-order valence-corrected chi connectivity index (χ0v) is 12.3. The molecule has 4 heteroatoms. The Labute approximate surface area is 122 Å².